The first-order valence-corrected chi connectivity index (χ1v) is 5.73. The highest BCUT2D eigenvalue weighted by Crippen LogP contribution is 2.13. The summed E-state index contributed by atoms with van der Waals surface area (Å²) in [5.41, 5.74) is 1.16. The van der Waals surface area contributed by atoms with Crippen LogP contribution < -0.4 is 10.6 Å². The molecule has 0 spiro atoms. The fourth-order valence-corrected chi connectivity index (χ4v) is 1.20. The molecule has 0 heterocycles. The number of hydrogen-bond acceptors (Lipinski definition) is 1. The molecule has 0 aliphatic rings. The van der Waals surface area contributed by atoms with Gasteiger partial charge in [-0.1, -0.05) is 57.2 Å². The molecule has 1 aromatic carbocycles. The van der Waals surface area contributed by atoms with Crippen LogP contribution in [0.15, 0.2) is 42.6 Å². The van der Waals surface area contributed by atoms with Gasteiger partial charge in [0.05, 0.1) is 0 Å². The highest BCUT2D eigenvalue weighted by molar-refractivity contribution is 5.74. The van der Waals surface area contributed by atoms with Crippen molar-refractivity contribution in [3.05, 3.63) is 48.2 Å². The fraction of sp³-hybridized carbons (Fsp3) is 0.357. The van der Waals surface area contributed by atoms with Crippen LogP contribution in [-0.4, -0.2) is 6.03 Å². The van der Waals surface area contributed by atoms with Crippen LogP contribution in [0, 0.1) is 5.41 Å². The van der Waals surface area contributed by atoms with Crippen molar-refractivity contribution < 1.29 is 4.79 Å². The molecule has 0 radical (unpaired) electrons. The minimum atomic E-state index is -0.186. The van der Waals surface area contributed by atoms with Crippen molar-refractivity contribution >= 4 is 6.03 Å². The molecule has 17 heavy (non-hydrogen) atoms. The third-order valence-corrected chi connectivity index (χ3v) is 2.09. The molecule has 1 rings (SSSR count). The van der Waals surface area contributed by atoms with Crippen molar-refractivity contribution in [2.24, 2.45) is 5.41 Å². The number of allylic oxidation sites excluding steroid dienone is 1. The van der Waals surface area contributed by atoms with Crippen molar-refractivity contribution in [3.63, 3.8) is 0 Å². The van der Waals surface area contributed by atoms with E-state index in [2.05, 4.69) is 31.4 Å². The molecule has 0 saturated heterocycles. The van der Waals surface area contributed by atoms with Crippen LogP contribution in [-0.2, 0) is 6.54 Å². The van der Waals surface area contributed by atoms with E-state index in [0.29, 0.717) is 6.54 Å². The zero-order chi connectivity index (χ0) is 12.7. The van der Waals surface area contributed by atoms with Crippen LogP contribution >= 0.6 is 0 Å². The van der Waals surface area contributed by atoms with E-state index in [1.54, 1.807) is 6.20 Å². The third-order valence-electron chi connectivity index (χ3n) is 2.09. The SMILES string of the molecule is CC(C)(C)/C=C/NC(=O)NCc1ccccc1. The lowest BCUT2D eigenvalue weighted by Crippen LogP contribution is -2.31. The Kier molecular flexibility index (Phi) is 4.76. The summed E-state index contributed by atoms with van der Waals surface area (Å²) in [6.45, 7) is 6.77. The summed E-state index contributed by atoms with van der Waals surface area (Å²) in [7, 11) is 0. The van der Waals surface area contributed by atoms with Crippen LogP contribution in [0.1, 0.15) is 26.3 Å². The molecule has 0 aliphatic carbocycles. The van der Waals surface area contributed by atoms with Gasteiger partial charge in [-0.15, -0.1) is 0 Å². The van der Waals surface area contributed by atoms with Gasteiger partial charge in [-0.05, 0) is 11.0 Å². The molecule has 92 valence electrons. The summed E-state index contributed by atoms with van der Waals surface area (Å²) in [6.07, 6.45) is 3.63. The maximum atomic E-state index is 11.4. The van der Waals surface area contributed by atoms with E-state index in [4.69, 9.17) is 0 Å². The zero-order valence-electron chi connectivity index (χ0n) is 10.7. The van der Waals surface area contributed by atoms with Gasteiger partial charge < -0.3 is 10.6 Å². The third kappa shape index (κ3) is 6.40. The van der Waals surface area contributed by atoms with Crippen molar-refractivity contribution in [3.8, 4) is 0 Å². The summed E-state index contributed by atoms with van der Waals surface area (Å²) in [6, 6.07) is 9.63. The number of rotatable bonds is 3. The molecule has 0 bridgehead atoms. The van der Waals surface area contributed by atoms with Gasteiger partial charge in [-0.25, -0.2) is 4.79 Å². The van der Waals surface area contributed by atoms with Gasteiger partial charge in [0.2, 0.25) is 0 Å². The summed E-state index contributed by atoms with van der Waals surface area (Å²) < 4.78 is 0. The normalized spacial score (nSPS) is 11.5. The number of hydrogen-bond donors (Lipinski definition) is 2. The Morgan fingerprint density at radius 2 is 1.88 bits per heavy atom. The molecule has 3 heteroatoms. The molecular weight excluding hydrogens is 212 g/mol. The number of urea groups is 1. The van der Waals surface area contributed by atoms with E-state index in [0.717, 1.165) is 5.56 Å². The number of carbonyl (C=O) groups is 1. The zero-order valence-corrected chi connectivity index (χ0v) is 10.7. The second-order valence-corrected chi connectivity index (χ2v) is 5.01. The molecule has 0 aliphatic heterocycles. The second-order valence-electron chi connectivity index (χ2n) is 5.01. The average molecular weight is 232 g/mol. The Morgan fingerprint density at radius 1 is 1.24 bits per heavy atom. The van der Waals surface area contributed by atoms with Crippen molar-refractivity contribution in [1.82, 2.24) is 10.6 Å². The number of nitrogens with one attached hydrogen (secondary N) is 2. The van der Waals surface area contributed by atoms with Crippen molar-refractivity contribution in [2.45, 2.75) is 27.3 Å². The molecule has 1 aromatic rings. The molecule has 2 N–H and O–H groups in total. The molecule has 2 amide bonds. The lowest BCUT2D eigenvalue weighted by atomic mass is 9.97. The average Bonchev–Trinajstić information content (AvgIpc) is 2.26. The summed E-state index contributed by atoms with van der Waals surface area (Å²) in [4.78, 5) is 11.4. The van der Waals surface area contributed by atoms with Crippen LogP contribution in [0.25, 0.3) is 0 Å². The van der Waals surface area contributed by atoms with Crippen molar-refractivity contribution in [1.29, 1.82) is 0 Å². The Labute approximate surface area is 103 Å². The van der Waals surface area contributed by atoms with Gasteiger partial charge in [0.15, 0.2) is 0 Å². The molecular formula is C14H20N2O. The van der Waals surface area contributed by atoms with Gasteiger partial charge in [0.1, 0.15) is 0 Å². The van der Waals surface area contributed by atoms with E-state index in [-0.39, 0.29) is 11.4 Å². The minimum absolute atomic E-state index is 0.0761. The number of benzene rings is 1. The van der Waals surface area contributed by atoms with Crippen LogP contribution in [0.4, 0.5) is 4.79 Å². The number of carbonyl (C=O) groups excluding carboxylic acids is 1. The topological polar surface area (TPSA) is 41.1 Å². The van der Waals surface area contributed by atoms with Crippen LogP contribution in [0.3, 0.4) is 0 Å². The van der Waals surface area contributed by atoms with Gasteiger partial charge in [0.25, 0.3) is 0 Å². The minimum Gasteiger partial charge on any atom is -0.334 e. The van der Waals surface area contributed by atoms with E-state index in [1.165, 1.54) is 0 Å². The highest BCUT2D eigenvalue weighted by atomic mass is 16.2. The predicted molar refractivity (Wildman–Crippen MR) is 70.4 cm³/mol. The monoisotopic (exact) mass is 232 g/mol. The number of amides is 2. The molecule has 0 unspecified atom stereocenters. The van der Waals surface area contributed by atoms with Gasteiger partial charge in [0, 0.05) is 12.7 Å². The maximum Gasteiger partial charge on any atom is 0.319 e. The standard InChI is InChI=1S/C14H20N2O/c1-14(2,3)9-10-15-13(17)16-11-12-7-5-4-6-8-12/h4-10H,11H2,1-3H3,(H2,15,16,17)/b10-9+. The molecule has 0 saturated carbocycles. The quantitative estimate of drug-likeness (QED) is 0.826. The molecule has 0 fully saturated rings. The lowest BCUT2D eigenvalue weighted by molar-refractivity contribution is 0.243. The van der Waals surface area contributed by atoms with Crippen LogP contribution in [0.2, 0.25) is 0 Å². The first kappa shape index (κ1) is 13.3. The Morgan fingerprint density at radius 3 is 2.47 bits per heavy atom. The first-order chi connectivity index (χ1) is 7.97. The highest BCUT2D eigenvalue weighted by Gasteiger charge is 2.03. The smallest absolute Gasteiger partial charge is 0.319 e. The Balaban J connectivity index is 2.29. The van der Waals surface area contributed by atoms with Gasteiger partial charge in [-0.2, -0.15) is 0 Å². The second kappa shape index (κ2) is 6.09. The van der Waals surface area contributed by atoms with Gasteiger partial charge >= 0.3 is 6.03 Å². The van der Waals surface area contributed by atoms with E-state index in [1.807, 2.05) is 36.4 Å². The van der Waals surface area contributed by atoms with E-state index >= 15 is 0 Å². The van der Waals surface area contributed by atoms with E-state index in [9.17, 15) is 4.79 Å². The lowest BCUT2D eigenvalue weighted by Gasteiger charge is -2.11. The molecule has 0 atom stereocenters. The molecule has 3 nitrogen and oxygen atoms in total. The van der Waals surface area contributed by atoms with Crippen LogP contribution in [0.5, 0.6) is 0 Å². The Hall–Kier alpha value is -1.77. The Bertz CT molecular complexity index is 377. The van der Waals surface area contributed by atoms with Crippen molar-refractivity contribution in [2.75, 3.05) is 0 Å². The van der Waals surface area contributed by atoms with Gasteiger partial charge in [-0.3, -0.25) is 0 Å². The fourth-order valence-electron chi connectivity index (χ4n) is 1.20. The predicted octanol–water partition coefficient (Wildman–Crippen LogP) is 3.05. The van der Waals surface area contributed by atoms with E-state index < -0.39 is 0 Å². The summed E-state index contributed by atoms with van der Waals surface area (Å²) in [5, 5.41) is 5.46. The largest absolute Gasteiger partial charge is 0.334 e. The molecule has 0 aromatic heterocycles. The summed E-state index contributed by atoms with van der Waals surface area (Å²) in [5.74, 6) is 0. The first-order valence-electron chi connectivity index (χ1n) is 5.73. The maximum absolute atomic E-state index is 11.4. The summed E-state index contributed by atoms with van der Waals surface area (Å²) >= 11 is 0.